The van der Waals surface area contributed by atoms with Crippen molar-refractivity contribution in [3.63, 3.8) is 0 Å². The molecule has 2 rings (SSSR count). The summed E-state index contributed by atoms with van der Waals surface area (Å²) in [6.45, 7) is 1.27. The van der Waals surface area contributed by atoms with Gasteiger partial charge in [-0.15, -0.1) is 0 Å². The molecule has 0 fully saturated rings. The molecule has 0 amide bonds. The van der Waals surface area contributed by atoms with Gasteiger partial charge < -0.3 is 9.29 Å². The highest BCUT2D eigenvalue weighted by molar-refractivity contribution is 7.91. The minimum Gasteiger partial charge on any atom is -0.611 e. The third kappa shape index (κ3) is 5.24. The maximum atomic E-state index is 13.9. The molecular formula is C15H10F7NO2S. The molecule has 0 saturated carbocycles. The first-order valence-electron chi connectivity index (χ1n) is 6.83. The first-order chi connectivity index (χ1) is 11.9. The Morgan fingerprint density at radius 3 is 2.27 bits per heavy atom. The molecule has 0 spiro atoms. The van der Waals surface area contributed by atoms with Gasteiger partial charge in [0.15, 0.2) is 16.5 Å². The SMILES string of the molecule is Cc1cc(F)c(Oc2ccc(C(F)(F)F)cn2)cc1[S+]([O-])CC(F)(F)F. The van der Waals surface area contributed by atoms with Crippen LogP contribution in [0.4, 0.5) is 30.7 Å². The largest absolute Gasteiger partial charge is 0.611 e. The second kappa shape index (κ2) is 7.31. The van der Waals surface area contributed by atoms with Gasteiger partial charge in [0.2, 0.25) is 11.6 Å². The van der Waals surface area contributed by atoms with Crippen molar-refractivity contribution in [3.8, 4) is 11.6 Å². The predicted molar refractivity (Wildman–Crippen MR) is 77.8 cm³/mol. The van der Waals surface area contributed by atoms with Crippen molar-refractivity contribution in [2.75, 3.05) is 5.75 Å². The van der Waals surface area contributed by atoms with Crippen LogP contribution in [-0.2, 0) is 17.4 Å². The monoisotopic (exact) mass is 401 g/mol. The minimum absolute atomic E-state index is 0.0119. The quantitative estimate of drug-likeness (QED) is 0.535. The molecule has 1 aromatic heterocycles. The lowest BCUT2D eigenvalue weighted by molar-refractivity contribution is -0.137. The zero-order valence-corrected chi connectivity index (χ0v) is 13.7. The molecule has 0 aliphatic heterocycles. The van der Waals surface area contributed by atoms with Crippen molar-refractivity contribution < 1.29 is 40.0 Å². The Morgan fingerprint density at radius 2 is 1.77 bits per heavy atom. The van der Waals surface area contributed by atoms with E-state index in [1.165, 1.54) is 6.92 Å². The zero-order valence-electron chi connectivity index (χ0n) is 12.9. The summed E-state index contributed by atoms with van der Waals surface area (Å²) in [5.41, 5.74) is -1.04. The van der Waals surface area contributed by atoms with Gasteiger partial charge in [-0.2, -0.15) is 26.3 Å². The summed E-state index contributed by atoms with van der Waals surface area (Å²) < 4.78 is 105. The van der Waals surface area contributed by atoms with Gasteiger partial charge in [0.1, 0.15) is 0 Å². The van der Waals surface area contributed by atoms with Crippen LogP contribution in [0.5, 0.6) is 11.6 Å². The van der Waals surface area contributed by atoms with Crippen LogP contribution in [-0.4, -0.2) is 21.5 Å². The molecule has 26 heavy (non-hydrogen) atoms. The van der Waals surface area contributed by atoms with Crippen molar-refractivity contribution >= 4 is 11.2 Å². The Labute approximate surface area is 146 Å². The number of benzene rings is 1. The highest BCUT2D eigenvalue weighted by Gasteiger charge is 2.36. The van der Waals surface area contributed by atoms with Crippen LogP contribution >= 0.6 is 0 Å². The average Bonchev–Trinajstić information content (AvgIpc) is 2.47. The van der Waals surface area contributed by atoms with E-state index in [4.69, 9.17) is 4.74 Å². The smallest absolute Gasteiger partial charge is 0.433 e. The molecule has 3 nitrogen and oxygen atoms in total. The third-order valence-corrected chi connectivity index (χ3v) is 4.57. The number of rotatable bonds is 4. The summed E-state index contributed by atoms with van der Waals surface area (Å²) in [7, 11) is 0. The standard InChI is InChI=1S/C15H10F7NO2S/c1-8-4-10(16)11(5-12(8)26(24)7-14(17,18)19)25-13-3-2-9(6-23-13)15(20,21)22/h2-6H,7H2,1H3. The van der Waals surface area contributed by atoms with Gasteiger partial charge in [0.05, 0.1) is 5.56 Å². The van der Waals surface area contributed by atoms with E-state index >= 15 is 0 Å². The molecule has 0 radical (unpaired) electrons. The van der Waals surface area contributed by atoms with Crippen LogP contribution in [0.25, 0.3) is 0 Å². The maximum absolute atomic E-state index is 13.9. The maximum Gasteiger partial charge on any atom is 0.433 e. The Morgan fingerprint density at radius 1 is 1.12 bits per heavy atom. The van der Waals surface area contributed by atoms with Crippen LogP contribution in [0.1, 0.15) is 11.1 Å². The molecule has 1 unspecified atom stereocenters. The van der Waals surface area contributed by atoms with E-state index in [2.05, 4.69) is 4.98 Å². The third-order valence-electron chi connectivity index (χ3n) is 3.05. The lowest BCUT2D eigenvalue weighted by Gasteiger charge is -2.16. The van der Waals surface area contributed by atoms with Crippen molar-refractivity contribution in [1.82, 2.24) is 4.98 Å². The van der Waals surface area contributed by atoms with Crippen molar-refractivity contribution in [1.29, 1.82) is 0 Å². The van der Waals surface area contributed by atoms with E-state index in [0.29, 0.717) is 12.3 Å². The number of hydrogen-bond acceptors (Lipinski definition) is 3. The predicted octanol–water partition coefficient (Wildman–Crippen LogP) is 5.01. The molecule has 11 heteroatoms. The molecule has 0 N–H and O–H groups in total. The highest BCUT2D eigenvalue weighted by atomic mass is 32.2. The van der Waals surface area contributed by atoms with Gasteiger partial charge in [-0.3, -0.25) is 0 Å². The van der Waals surface area contributed by atoms with Gasteiger partial charge in [0, 0.05) is 23.9 Å². The fraction of sp³-hybridized carbons (Fsp3) is 0.267. The van der Waals surface area contributed by atoms with E-state index in [9.17, 15) is 35.3 Å². The van der Waals surface area contributed by atoms with Crippen molar-refractivity contribution in [2.45, 2.75) is 24.2 Å². The Kier molecular flexibility index (Phi) is 5.71. The number of hydrogen-bond donors (Lipinski definition) is 0. The lowest BCUT2D eigenvalue weighted by Crippen LogP contribution is -2.23. The summed E-state index contributed by atoms with van der Waals surface area (Å²) in [6, 6.07) is 3.11. The molecule has 0 aliphatic rings. The van der Waals surface area contributed by atoms with E-state index < -0.39 is 52.3 Å². The molecule has 2 aromatic rings. The molecule has 0 bridgehead atoms. The van der Waals surface area contributed by atoms with Crippen LogP contribution in [0.2, 0.25) is 0 Å². The van der Waals surface area contributed by atoms with Crippen LogP contribution in [0.3, 0.4) is 0 Å². The van der Waals surface area contributed by atoms with Gasteiger partial charge in [0.25, 0.3) is 0 Å². The number of pyridine rings is 1. The van der Waals surface area contributed by atoms with Crippen LogP contribution < -0.4 is 4.74 Å². The molecule has 1 atom stereocenters. The first-order valence-corrected chi connectivity index (χ1v) is 8.15. The average molecular weight is 401 g/mol. The zero-order chi connectivity index (χ0) is 19.7. The number of nitrogens with zero attached hydrogens (tertiary/aromatic N) is 1. The van der Waals surface area contributed by atoms with Gasteiger partial charge in [-0.25, -0.2) is 9.37 Å². The summed E-state index contributed by atoms with van der Waals surface area (Å²) in [6.07, 6.45) is -8.85. The van der Waals surface area contributed by atoms with Gasteiger partial charge in [-0.05, 0) is 30.2 Å². The minimum atomic E-state index is -4.69. The molecule has 1 aromatic carbocycles. The molecule has 142 valence electrons. The summed E-state index contributed by atoms with van der Waals surface area (Å²) in [5.74, 6) is -3.63. The van der Waals surface area contributed by atoms with E-state index in [0.717, 1.165) is 18.2 Å². The summed E-state index contributed by atoms with van der Waals surface area (Å²) >= 11 is -2.50. The van der Waals surface area contributed by atoms with E-state index in [1.54, 1.807) is 0 Å². The lowest BCUT2D eigenvalue weighted by atomic mass is 10.2. The molecule has 0 saturated heterocycles. The Balaban J connectivity index is 2.28. The molecule has 1 heterocycles. The number of ether oxygens (including phenoxy) is 1. The number of alkyl halides is 6. The molecular weight excluding hydrogens is 391 g/mol. The molecule has 0 aliphatic carbocycles. The number of aromatic nitrogens is 1. The van der Waals surface area contributed by atoms with E-state index in [-0.39, 0.29) is 10.5 Å². The van der Waals surface area contributed by atoms with Crippen molar-refractivity contribution in [3.05, 3.63) is 47.4 Å². The summed E-state index contributed by atoms with van der Waals surface area (Å²) in [4.78, 5) is 3.07. The normalized spacial score (nSPS) is 13.6. The van der Waals surface area contributed by atoms with Crippen LogP contribution in [0.15, 0.2) is 35.4 Å². The number of halogens is 7. The van der Waals surface area contributed by atoms with Gasteiger partial charge >= 0.3 is 12.4 Å². The highest BCUT2D eigenvalue weighted by Crippen LogP contribution is 2.33. The summed E-state index contributed by atoms with van der Waals surface area (Å²) in [5, 5.41) is 0. The van der Waals surface area contributed by atoms with E-state index in [1.807, 2.05) is 0 Å². The second-order valence-corrected chi connectivity index (χ2v) is 6.56. The van der Waals surface area contributed by atoms with Crippen LogP contribution in [0, 0.1) is 12.7 Å². The van der Waals surface area contributed by atoms with Crippen molar-refractivity contribution in [2.24, 2.45) is 0 Å². The topological polar surface area (TPSA) is 45.2 Å². The Hall–Kier alpha value is -2.01. The number of aryl methyl sites for hydroxylation is 1. The fourth-order valence-electron chi connectivity index (χ4n) is 1.91. The first kappa shape index (κ1) is 20.3. The Bertz CT molecular complexity index is 775. The second-order valence-electron chi connectivity index (χ2n) is 5.14. The van der Waals surface area contributed by atoms with Gasteiger partial charge in [-0.1, -0.05) is 0 Å². The fourth-order valence-corrected chi connectivity index (χ4v) is 3.01.